The van der Waals surface area contributed by atoms with Crippen LogP contribution in [-0.4, -0.2) is 41.1 Å². The van der Waals surface area contributed by atoms with E-state index in [2.05, 4.69) is 10.6 Å². The normalized spacial score (nSPS) is 17.8. The second-order valence-electron chi connectivity index (χ2n) is 7.03. The van der Waals surface area contributed by atoms with E-state index in [9.17, 15) is 24.0 Å². The second kappa shape index (κ2) is 10.2. The monoisotopic (exact) mass is 404 g/mol. The van der Waals surface area contributed by atoms with Gasteiger partial charge in [0.05, 0.1) is 6.04 Å². The molecule has 2 rings (SSSR count). The van der Waals surface area contributed by atoms with Gasteiger partial charge in [-0.1, -0.05) is 55.9 Å². The van der Waals surface area contributed by atoms with Gasteiger partial charge < -0.3 is 10.6 Å². The van der Waals surface area contributed by atoms with Gasteiger partial charge >= 0.3 is 0 Å². The molecule has 0 spiro atoms. The third kappa shape index (κ3) is 6.02. The first-order valence-corrected chi connectivity index (χ1v) is 10.1. The highest BCUT2D eigenvalue weighted by Crippen LogP contribution is 2.18. The Morgan fingerprint density at radius 3 is 2.50 bits per heavy atom. The average Bonchev–Trinajstić information content (AvgIpc) is 2.68. The smallest absolute Gasteiger partial charge is 0.299 e. The molecule has 1 aromatic rings. The number of hydrogen-bond donors (Lipinski definition) is 2. The molecule has 0 radical (unpaired) electrons. The third-order valence-corrected chi connectivity index (χ3v) is 5.44. The molecule has 8 heteroatoms. The molecule has 1 aliphatic heterocycles. The van der Waals surface area contributed by atoms with Crippen molar-refractivity contribution in [1.82, 2.24) is 10.6 Å². The number of benzene rings is 1. The summed E-state index contributed by atoms with van der Waals surface area (Å²) in [5.41, 5.74) is 0.916. The van der Waals surface area contributed by atoms with E-state index >= 15 is 0 Å². The lowest BCUT2D eigenvalue weighted by Gasteiger charge is -2.25. The van der Waals surface area contributed by atoms with Crippen molar-refractivity contribution in [3.63, 3.8) is 0 Å². The summed E-state index contributed by atoms with van der Waals surface area (Å²) < 4.78 is 0. The molecule has 2 atom stereocenters. The van der Waals surface area contributed by atoms with E-state index in [0.717, 1.165) is 17.3 Å². The number of thioether (sulfide) groups is 1. The van der Waals surface area contributed by atoms with Crippen LogP contribution in [-0.2, 0) is 29.7 Å². The summed E-state index contributed by atoms with van der Waals surface area (Å²) in [4.78, 5) is 60.3. The van der Waals surface area contributed by atoms with Gasteiger partial charge in [-0.3, -0.25) is 24.0 Å². The Kier molecular flexibility index (Phi) is 7.92. The van der Waals surface area contributed by atoms with E-state index in [1.165, 1.54) is 0 Å². The molecule has 0 aliphatic carbocycles. The van der Waals surface area contributed by atoms with Crippen molar-refractivity contribution < 1.29 is 24.0 Å². The van der Waals surface area contributed by atoms with Crippen LogP contribution in [0.3, 0.4) is 0 Å². The van der Waals surface area contributed by atoms with Gasteiger partial charge in [-0.05, 0) is 17.9 Å². The number of ketones is 2. The number of piperidine rings is 1. The average molecular weight is 404 g/mol. The number of rotatable bonds is 7. The van der Waals surface area contributed by atoms with Crippen molar-refractivity contribution in [3.05, 3.63) is 35.9 Å². The van der Waals surface area contributed by atoms with Crippen molar-refractivity contribution in [2.75, 3.05) is 6.54 Å². The van der Waals surface area contributed by atoms with Crippen LogP contribution in [0.5, 0.6) is 0 Å². The number of Topliss-reactive ketones (excluding diaryl/α,β-unsaturated/α-hetero) is 2. The highest BCUT2D eigenvalue weighted by Gasteiger charge is 2.34. The number of carbonyl (C=O) groups excluding carboxylic acids is 5. The van der Waals surface area contributed by atoms with Crippen molar-refractivity contribution >= 4 is 40.3 Å². The first-order chi connectivity index (χ1) is 13.3. The van der Waals surface area contributed by atoms with Gasteiger partial charge in [0.15, 0.2) is 5.78 Å². The summed E-state index contributed by atoms with van der Waals surface area (Å²) in [6, 6.07) is 8.39. The Morgan fingerprint density at radius 1 is 1.18 bits per heavy atom. The summed E-state index contributed by atoms with van der Waals surface area (Å²) >= 11 is 0.870. The summed E-state index contributed by atoms with van der Waals surface area (Å²) in [5, 5.41) is 4.27. The van der Waals surface area contributed by atoms with Crippen LogP contribution in [0.25, 0.3) is 0 Å². The standard InChI is InChI=1S/C20H24N2O5S/c1-12(2)16(15(23)10-14-8-9-21-18(25)17(14)24)22-19(26)20(27)28-11-13-6-4-3-5-7-13/h3-7,12,14,16H,8-11H2,1-2H3,(H,21,25)(H,22,26). The van der Waals surface area contributed by atoms with Crippen LogP contribution >= 0.6 is 11.8 Å². The minimum atomic E-state index is -0.883. The zero-order chi connectivity index (χ0) is 20.7. The number of hydrogen-bond acceptors (Lipinski definition) is 6. The number of nitrogens with one attached hydrogen (secondary N) is 2. The molecule has 1 fully saturated rings. The molecular formula is C20H24N2O5S. The molecule has 150 valence electrons. The van der Waals surface area contributed by atoms with Crippen molar-refractivity contribution in [3.8, 4) is 0 Å². The first kappa shape index (κ1) is 21.8. The van der Waals surface area contributed by atoms with Crippen LogP contribution in [0, 0.1) is 11.8 Å². The molecule has 1 aliphatic rings. The van der Waals surface area contributed by atoms with Crippen LogP contribution in [0.2, 0.25) is 0 Å². The van der Waals surface area contributed by atoms with E-state index in [1.54, 1.807) is 13.8 Å². The van der Waals surface area contributed by atoms with Gasteiger partial charge in [0, 0.05) is 24.6 Å². The Bertz CT molecular complexity index is 763. The van der Waals surface area contributed by atoms with Crippen molar-refractivity contribution in [2.45, 2.75) is 38.5 Å². The fraction of sp³-hybridized carbons (Fsp3) is 0.450. The number of amides is 2. The summed E-state index contributed by atoms with van der Waals surface area (Å²) in [5.74, 6) is -3.04. The fourth-order valence-corrected chi connectivity index (χ4v) is 3.62. The van der Waals surface area contributed by atoms with Crippen LogP contribution in [0.4, 0.5) is 0 Å². The van der Waals surface area contributed by atoms with Crippen molar-refractivity contribution in [2.24, 2.45) is 11.8 Å². The van der Waals surface area contributed by atoms with Crippen LogP contribution < -0.4 is 10.6 Å². The molecule has 0 aromatic heterocycles. The zero-order valence-electron chi connectivity index (χ0n) is 15.9. The molecule has 2 N–H and O–H groups in total. The molecule has 2 unspecified atom stereocenters. The highest BCUT2D eigenvalue weighted by atomic mass is 32.2. The van der Waals surface area contributed by atoms with Crippen LogP contribution in [0.15, 0.2) is 30.3 Å². The first-order valence-electron chi connectivity index (χ1n) is 9.16. The predicted molar refractivity (Wildman–Crippen MR) is 105 cm³/mol. The number of carbonyl (C=O) groups is 5. The van der Waals surface area contributed by atoms with Gasteiger partial charge in [0.1, 0.15) is 0 Å². The van der Waals surface area contributed by atoms with Crippen molar-refractivity contribution in [1.29, 1.82) is 0 Å². The van der Waals surface area contributed by atoms with E-state index in [4.69, 9.17) is 0 Å². The molecule has 1 heterocycles. The largest absolute Gasteiger partial charge is 0.349 e. The maximum atomic E-state index is 12.6. The van der Waals surface area contributed by atoms with Gasteiger partial charge in [-0.15, -0.1) is 0 Å². The topological polar surface area (TPSA) is 109 Å². The minimum Gasteiger partial charge on any atom is -0.349 e. The summed E-state index contributed by atoms with van der Waals surface area (Å²) in [7, 11) is 0. The lowest BCUT2D eigenvalue weighted by atomic mass is 9.86. The minimum absolute atomic E-state index is 0.124. The maximum absolute atomic E-state index is 12.6. The lowest BCUT2D eigenvalue weighted by Crippen LogP contribution is -2.49. The summed E-state index contributed by atoms with van der Waals surface area (Å²) in [6.07, 6.45) is 0.266. The predicted octanol–water partition coefficient (Wildman–Crippen LogP) is 1.25. The molecular weight excluding hydrogens is 380 g/mol. The van der Waals surface area contributed by atoms with Gasteiger partial charge in [-0.2, -0.15) is 0 Å². The van der Waals surface area contributed by atoms with E-state index in [0.29, 0.717) is 18.7 Å². The molecule has 7 nitrogen and oxygen atoms in total. The molecule has 2 amide bonds. The zero-order valence-corrected chi connectivity index (χ0v) is 16.7. The maximum Gasteiger partial charge on any atom is 0.299 e. The molecule has 1 aromatic carbocycles. The Hall–Kier alpha value is -2.48. The van der Waals surface area contributed by atoms with E-state index < -0.39 is 34.7 Å². The molecule has 0 saturated carbocycles. The molecule has 1 saturated heterocycles. The SMILES string of the molecule is CC(C)C(NC(=O)C(=O)SCc1ccccc1)C(=O)CC1CCNC(=O)C1=O. The van der Waals surface area contributed by atoms with Crippen LogP contribution in [0.1, 0.15) is 32.3 Å². The van der Waals surface area contributed by atoms with Gasteiger partial charge in [0.2, 0.25) is 5.78 Å². The molecule has 28 heavy (non-hydrogen) atoms. The fourth-order valence-electron chi connectivity index (χ4n) is 2.94. The Morgan fingerprint density at radius 2 is 1.86 bits per heavy atom. The quantitative estimate of drug-likeness (QED) is 0.662. The van der Waals surface area contributed by atoms with Gasteiger partial charge in [0.25, 0.3) is 16.9 Å². The Labute approximate surface area is 168 Å². The summed E-state index contributed by atoms with van der Waals surface area (Å²) in [6.45, 7) is 3.84. The van der Waals surface area contributed by atoms with E-state index in [-0.39, 0.29) is 18.1 Å². The highest BCUT2D eigenvalue weighted by molar-refractivity contribution is 8.14. The third-order valence-electron chi connectivity index (χ3n) is 4.52. The lowest BCUT2D eigenvalue weighted by molar-refractivity contribution is -0.143. The van der Waals surface area contributed by atoms with Gasteiger partial charge in [-0.25, -0.2) is 0 Å². The van der Waals surface area contributed by atoms with E-state index in [1.807, 2.05) is 30.3 Å². The molecule has 0 bridgehead atoms. The Balaban J connectivity index is 1.92. The second-order valence-corrected chi connectivity index (χ2v) is 7.98.